The summed E-state index contributed by atoms with van der Waals surface area (Å²) in [6, 6.07) is 0.710. The molecule has 0 radical (unpaired) electrons. The quantitative estimate of drug-likeness (QED) is 0.915. The van der Waals surface area contributed by atoms with E-state index in [1.165, 1.54) is 48.9 Å². The zero-order valence-corrected chi connectivity index (χ0v) is 12.9. The molecular formula is C18H25N3. The number of nitrogens with one attached hydrogen (secondary N) is 1. The molecule has 0 amide bonds. The van der Waals surface area contributed by atoms with Crippen molar-refractivity contribution < 1.29 is 0 Å². The maximum absolute atomic E-state index is 4.28. The van der Waals surface area contributed by atoms with Gasteiger partial charge in [-0.3, -0.25) is 4.68 Å². The predicted molar refractivity (Wildman–Crippen MR) is 87.9 cm³/mol. The molecule has 1 fully saturated rings. The summed E-state index contributed by atoms with van der Waals surface area (Å²) in [7, 11) is 1.97. The zero-order valence-electron chi connectivity index (χ0n) is 12.9. The van der Waals surface area contributed by atoms with Crippen LogP contribution in [-0.4, -0.2) is 22.4 Å². The number of piperidine rings is 1. The summed E-state index contributed by atoms with van der Waals surface area (Å²) in [6.45, 7) is 1.19. The Balaban J connectivity index is 1.65. The van der Waals surface area contributed by atoms with Gasteiger partial charge in [0.15, 0.2) is 0 Å². The molecule has 1 aromatic rings. The number of aromatic nitrogens is 2. The highest BCUT2D eigenvalue weighted by Crippen LogP contribution is 2.24. The lowest BCUT2D eigenvalue weighted by Gasteiger charge is -2.23. The van der Waals surface area contributed by atoms with Gasteiger partial charge in [-0.25, -0.2) is 0 Å². The molecule has 0 saturated carbocycles. The van der Waals surface area contributed by atoms with Gasteiger partial charge in [0, 0.05) is 24.8 Å². The Morgan fingerprint density at radius 1 is 1.38 bits per heavy atom. The second kappa shape index (κ2) is 6.90. The molecule has 1 atom stereocenters. The highest BCUT2D eigenvalue weighted by Gasteiger charge is 2.13. The van der Waals surface area contributed by atoms with Gasteiger partial charge in [-0.05, 0) is 49.8 Å². The van der Waals surface area contributed by atoms with E-state index < -0.39 is 0 Å². The lowest BCUT2D eigenvalue weighted by atomic mass is 9.96. The van der Waals surface area contributed by atoms with Crippen molar-refractivity contribution in [3.63, 3.8) is 0 Å². The predicted octanol–water partition coefficient (Wildman–Crippen LogP) is 3.61. The first-order valence-electron chi connectivity index (χ1n) is 8.11. The second-order valence-electron chi connectivity index (χ2n) is 6.10. The van der Waals surface area contributed by atoms with E-state index in [0.717, 1.165) is 12.8 Å². The average molecular weight is 283 g/mol. The lowest BCUT2D eigenvalue weighted by Crippen LogP contribution is -2.33. The molecule has 3 rings (SSSR count). The first-order chi connectivity index (χ1) is 10.3. The number of hydrogen-bond donors (Lipinski definition) is 1. The van der Waals surface area contributed by atoms with E-state index in [1.54, 1.807) is 0 Å². The van der Waals surface area contributed by atoms with Crippen LogP contribution in [0.4, 0.5) is 0 Å². The highest BCUT2D eigenvalue weighted by molar-refractivity contribution is 5.75. The summed E-state index contributed by atoms with van der Waals surface area (Å²) in [5.41, 5.74) is 3.96. The van der Waals surface area contributed by atoms with Crippen LogP contribution in [0.2, 0.25) is 0 Å². The molecule has 2 aliphatic rings. The number of rotatable bonds is 4. The van der Waals surface area contributed by atoms with Crippen molar-refractivity contribution in [3.8, 4) is 0 Å². The Labute approximate surface area is 127 Å². The zero-order chi connectivity index (χ0) is 14.5. The third-order valence-electron chi connectivity index (χ3n) is 4.38. The minimum atomic E-state index is 0.710. The molecule has 0 spiro atoms. The van der Waals surface area contributed by atoms with Crippen molar-refractivity contribution >= 4 is 5.57 Å². The molecule has 112 valence electrons. The number of hydrogen-bond acceptors (Lipinski definition) is 2. The molecule has 1 unspecified atom stereocenters. The molecule has 21 heavy (non-hydrogen) atoms. The molecule has 3 nitrogen and oxygen atoms in total. The topological polar surface area (TPSA) is 29.9 Å². The fourth-order valence-corrected chi connectivity index (χ4v) is 3.16. The number of aryl methyl sites for hydroxylation is 1. The first kappa shape index (κ1) is 14.3. The van der Waals surface area contributed by atoms with Gasteiger partial charge in [0.25, 0.3) is 0 Å². The van der Waals surface area contributed by atoms with Gasteiger partial charge in [-0.15, -0.1) is 0 Å². The molecule has 1 aliphatic heterocycles. The number of nitrogens with zero attached hydrogens (tertiary/aromatic N) is 2. The normalized spacial score (nSPS) is 22.6. The van der Waals surface area contributed by atoms with Gasteiger partial charge >= 0.3 is 0 Å². The molecular weight excluding hydrogens is 258 g/mol. The van der Waals surface area contributed by atoms with Gasteiger partial charge in [0.05, 0.1) is 6.20 Å². The highest BCUT2D eigenvalue weighted by atomic mass is 15.2. The van der Waals surface area contributed by atoms with E-state index >= 15 is 0 Å². The van der Waals surface area contributed by atoms with Crippen molar-refractivity contribution in [1.29, 1.82) is 0 Å². The van der Waals surface area contributed by atoms with Crippen molar-refractivity contribution in [1.82, 2.24) is 15.1 Å². The third-order valence-corrected chi connectivity index (χ3v) is 4.38. The summed E-state index contributed by atoms with van der Waals surface area (Å²) in [5.74, 6) is 0. The minimum absolute atomic E-state index is 0.710. The maximum atomic E-state index is 4.28. The van der Waals surface area contributed by atoms with Crippen LogP contribution in [0.25, 0.3) is 5.57 Å². The number of allylic oxidation sites excluding steroid dienone is 6. The van der Waals surface area contributed by atoms with E-state index in [-0.39, 0.29) is 0 Å². The van der Waals surface area contributed by atoms with E-state index in [2.05, 4.69) is 40.9 Å². The first-order valence-corrected chi connectivity index (χ1v) is 8.11. The van der Waals surface area contributed by atoms with E-state index in [9.17, 15) is 0 Å². The van der Waals surface area contributed by atoms with Gasteiger partial charge in [-0.2, -0.15) is 5.10 Å². The molecule has 0 aromatic carbocycles. The Kier molecular flexibility index (Phi) is 4.71. The summed E-state index contributed by atoms with van der Waals surface area (Å²) in [6.07, 6.45) is 20.7. The molecule has 0 bridgehead atoms. The average Bonchev–Trinajstić information content (AvgIpc) is 2.81. The maximum Gasteiger partial charge on any atom is 0.0568 e. The molecule has 1 aromatic heterocycles. The van der Waals surface area contributed by atoms with Crippen LogP contribution in [0.3, 0.4) is 0 Å². The molecule has 2 heterocycles. The summed E-state index contributed by atoms with van der Waals surface area (Å²) in [4.78, 5) is 0. The van der Waals surface area contributed by atoms with Crippen molar-refractivity contribution in [2.24, 2.45) is 7.05 Å². The fourth-order valence-electron chi connectivity index (χ4n) is 3.16. The van der Waals surface area contributed by atoms with Gasteiger partial charge in [-0.1, -0.05) is 30.7 Å². The summed E-state index contributed by atoms with van der Waals surface area (Å²) < 4.78 is 1.87. The van der Waals surface area contributed by atoms with Crippen molar-refractivity contribution in [2.75, 3.05) is 6.54 Å². The van der Waals surface area contributed by atoms with Gasteiger partial charge in [0.2, 0.25) is 0 Å². The van der Waals surface area contributed by atoms with Crippen LogP contribution < -0.4 is 5.32 Å². The molecule has 1 N–H and O–H groups in total. The van der Waals surface area contributed by atoms with Crippen LogP contribution in [0.15, 0.2) is 42.3 Å². The Morgan fingerprint density at radius 2 is 2.33 bits per heavy atom. The van der Waals surface area contributed by atoms with Gasteiger partial charge < -0.3 is 5.32 Å². The lowest BCUT2D eigenvalue weighted by molar-refractivity contribution is 0.383. The Hall–Kier alpha value is -1.61. The summed E-state index contributed by atoms with van der Waals surface area (Å²) >= 11 is 0. The third kappa shape index (κ3) is 3.94. The van der Waals surface area contributed by atoms with Crippen LogP contribution in [0.1, 0.15) is 44.1 Å². The Bertz CT molecular complexity index is 557. The fraction of sp³-hybridized carbons (Fsp3) is 0.500. The van der Waals surface area contributed by atoms with Crippen LogP contribution in [-0.2, 0) is 7.05 Å². The molecule has 3 heteroatoms. The Morgan fingerprint density at radius 3 is 3.10 bits per heavy atom. The minimum Gasteiger partial charge on any atom is -0.314 e. The largest absolute Gasteiger partial charge is 0.314 e. The van der Waals surface area contributed by atoms with Crippen LogP contribution >= 0.6 is 0 Å². The van der Waals surface area contributed by atoms with E-state index in [1.807, 2.05) is 17.9 Å². The van der Waals surface area contributed by atoms with Gasteiger partial charge in [0.1, 0.15) is 0 Å². The van der Waals surface area contributed by atoms with E-state index in [0.29, 0.717) is 6.04 Å². The molecule has 1 saturated heterocycles. The monoisotopic (exact) mass is 283 g/mol. The summed E-state index contributed by atoms with van der Waals surface area (Å²) in [5, 5.41) is 7.92. The van der Waals surface area contributed by atoms with Crippen LogP contribution in [0, 0.1) is 0 Å². The SMILES string of the molecule is Cn1cc(C2=CCC=CC(CCC3CCCCN3)=C2)cn1. The smallest absolute Gasteiger partial charge is 0.0568 e. The van der Waals surface area contributed by atoms with Crippen molar-refractivity contribution in [2.45, 2.75) is 44.6 Å². The van der Waals surface area contributed by atoms with E-state index in [4.69, 9.17) is 0 Å². The molecule has 1 aliphatic carbocycles. The van der Waals surface area contributed by atoms with Crippen LogP contribution in [0.5, 0.6) is 0 Å². The standard InChI is InChI=1S/C18H25N3/c1-21-14-17(13-20-21)16-7-3-2-6-15(12-16)9-10-18-8-4-5-11-19-18/h2,6-7,12-14,18-19H,3-5,8-11H2,1H3. The second-order valence-corrected chi connectivity index (χ2v) is 6.10. The van der Waals surface area contributed by atoms with Crippen molar-refractivity contribution in [3.05, 3.63) is 47.8 Å².